The molecule has 0 fully saturated rings. The van der Waals surface area contributed by atoms with Crippen molar-refractivity contribution in [1.29, 1.82) is 0 Å². The maximum Gasteiger partial charge on any atom is 0.232 e. The fourth-order valence-electron chi connectivity index (χ4n) is 1.78. The van der Waals surface area contributed by atoms with Crippen LogP contribution >= 0.6 is 22.9 Å². The number of anilines is 1. The molecule has 0 aliphatic rings. The van der Waals surface area contributed by atoms with Crippen molar-refractivity contribution in [2.45, 2.75) is 13.3 Å². The second-order valence-corrected chi connectivity index (χ2v) is 5.75. The summed E-state index contributed by atoms with van der Waals surface area (Å²) < 4.78 is 5.85. The number of amides is 1. The van der Waals surface area contributed by atoms with Gasteiger partial charge in [-0.1, -0.05) is 28.1 Å². The summed E-state index contributed by atoms with van der Waals surface area (Å²) in [6.07, 6.45) is 0.161. The number of nitrogens with one attached hydrogen (secondary N) is 1. The van der Waals surface area contributed by atoms with Crippen LogP contribution in [-0.4, -0.2) is 16.0 Å². The number of carbonyl (C=O) groups is 1. The molecular weight excluding hydrogens is 298 g/mol. The summed E-state index contributed by atoms with van der Waals surface area (Å²) in [4.78, 5) is 16.2. The zero-order valence-electron chi connectivity index (χ0n) is 10.5. The third kappa shape index (κ3) is 2.81. The van der Waals surface area contributed by atoms with Crippen LogP contribution in [0.25, 0.3) is 10.2 Å². The maximum atomic E-state index is 11.9. The van der Waals surface area contributed by atoms with Crippen LogP contribution in [0.4, 0.5) is 5.13 Å². The molecule has 0 bridgehead atoms. The van der Waals surface area contributed by atoms with Crippen molar-refractivity contribution in [1.82, 2.24) is 10.1 Å². The molecule has 0 aliphatic heterocycles. The minimum atomic E-state index is -0.177. The lowest BCUT2D eigenvalue weighted by molar-refractivity contribution is -0.115. The average Bonchev–Trinajstić information content (AvgIpc) is 2.94. The molecule has 0 aliphatic carbocycles. The van der Waals surface area contributed by atoms with E-state index in [9.17, 15) is 4.79 Å². The predicted molar refractivity (Wildman–Crippen MR) is 78.2 cm³/mol. The number of carbonyl (C=O) groups excluding carboxylic acids is 1. The van der Waals surface area contributed by atoms with Gasteiger partial charge in [-0.3, -0.25) is 4.79 Å². The van der Waals surface area contributed by atoms with Crippen molar-refractivity contribution < 1.29 is 9.32 Å². The molecule has 3 rings (SSSR count). The third-order valence-corrected chi connectivity index (χ3v) is 3.78. The van der Waals surface area contributed by atoms with Gasteiger partial charge in [0.1, 0.15) is 5.76 Å². The molecule has 0 saturated carbocycles. The van der Waals surface area contributed by atoms with E-state index in [4.69, 9.17) is 16.1 Å². The molecule has 0 saturated heterocycles. The fraction of sp³-hybridized carbons (Fsp3) is 0.154. The quantitative estimate of drug-likeness (QED) is 0.805. The predicted octanol–water partition coefficient (Wildman–Crippen LogP) is 3.43. The smallest absolute Gasteiger partial charge is 0.232 e. The Hall–Kier alpha value is -1.92. The van der Waals surface area contributed by atoms with Crippen LogP contribution < -0.4 is 5.32 Å². The molecule has 1 aromatic carbocycles. The summed E-state index contributed by atoms with van der Waals surface area (Å²) in [5, 5.41) is 7.73. The average molecular weight is 308 g/mol. The molecule has 0 atom stereocenters. The van der Waals surface area contributed by atoms with Crippen molar-refractivity contribution in [2.24, 2.45) is 0 Å². The summed E-state index contributed by atoms with van der Waals surface area (Å²) in [5.74, 6) is 0.505. The van der Waals surface area contributed by atoms with Gasteiger partial charge in [-0.25, -0.2) is 4.98 Å². The van der Waals surface area contributed by atoms with Gasteiger partial charge >= 0.3 is 0 Å². The van der Waals surface area contributed by atoms with Gasteiger partial charge in [-0.2, -0.15) is 0 Å². The largest absolute Gasteiger partial charge is 0.361 e. The van der Waals surface area contributed by atoms with Crippen LogP contribution in [-0.2, 0) is 11.2 Å². The Morgan fingerprint density at radius 2 is 2.30 bits per heavy atom. The van der Waals surface area contributed by atoms with Crippen LogP contribution in [0.3, 0.4) is 0 Å². The van der Waals surface area contributed by atoms with Crippen LogP contribution in [0.5, 0.6) is 0 Å². The van der Waals surface area contributed by atoms with E-state index in [0.717, 1.165) is 10.2 Å². The lowest BCUT2D eigenvalue weighted by Gasteiger charge is -1.97. The van der Waals surface area contributed by atoms with Gasteiger partial charge in [0, 0.05) is 11.1 Å². The van der Waals surface area contributed by atoms with E-state index < -0.39 is 0 Å². The van der Waals surface area contributed by atoms with Crippen LogP contribution in [0.1, 0.15) is 11.5 Å². The number of aromatic nitrogens is 2. The number of nitrogens with zero attached hydrogens (tertiary/aromatic N) is 2. The first-order valence-electron chi connectivity index (χ1n) is 5.88. The molecule has 1 amide bonds. The van der Waals surface area contributed by atoms with E-state index in [1.807, 2.05) is 12.1 Å². The fourth-order valence-corrected chi connectivity index (χ4v) is 2.94. The number of halogens is 1. The molecule has 2 heterocycles. The molecule has 20 heavy (non-hydrogen) atoms. The molecule has 0 spiro atoms. The van der Waals surface area contributed by atoms with Gasteiger partial charge < -0.3 is 9.84 Å². The Morgan fingerprint density at radius 1 is 1.45 bits per heavy atom. The highest BCUT2D eigenvalue weighted by atomic mass is 35.5. The first-order valence-corrected chi connectivity index (χ1v) is 7.08. The SMILES string of the molecule is Cc1cc(CC(=O)Nc2nc3ccc(Cl)cc3s2)no1. The van der Waals surface area contributed by atoms with E-state index in [2.05, 4.69) is 15.5 Å². The highest BCUT2D eigenvalue weighted by Gasteiger charge is 2.11. The number of fused-ring (bicyclic) bond motifs is 1. The van der Waals surface area contributed by atoms with Gasteiger partial charge in [0.2, 0.25) is 5.91 Å². The topological polar surface area (TPSA) is 68.0 Å². The van der Waals surface area contributed by atoms with Crippen molar-refractivity contribution in [3.05, 3.63) is 40.7 Å². The number of hydrogen-bond donors (Lipinski definition) is 1. The van der Waals surface area contributed by atoms with Gasteiger partial charge in [0.05, 0.1) is 22.3 Å². The van der Waals surface area contributed by atoms with E-state index in [-0.39, 0.29) is 12.3 Å². The second-order valence-electron chi connectivity index (χ2n) is 4.28. The third-order valence-electron chi connectivity index (χ3n) is 2.62. The van der Waals surface area contributed by atoms with E-state index in [1.165, 1.54) is 11.3 Å². The number of benzene rings is 1. The molecule has 3 aromatic rings. The summed E-state index contributed by atoms with van der Waals surface area (Å²) in [6.45, 7) is 1.78. The number of rotatable bonds is 3. The van der Waals surface area contributed by atoms with E-state index >= 15 is 0 Å². The molecule has 5 nitrogen and oxygen atoms in total. The maximum absolute atomic E-state index is 11.9. The summed E-state index contributed by atoms with van der Waals surface area (Å²) in [5.41, 5.74) is 1.41. The van der Waals surface area contributed by atoms with Crippen molar-refractivity contribution in [3.63, 3.8) is 0 Å². The second kappa shape index (κ2) is 5.22. The van der Waals surface area contributed by atoms with Gasteiger partial charge in [-0.05, 0) is 25.1 Å². The van der Waals surface area contributed by atoms with Gasteiger partial charge in [0.25, 0.3) is 0 Å². The number of thiazole rings is 1. The van der Waals surface area contributed by atoms with Gasteiger partial charge in [0.15, 0.2) is 5.13 Å². The normalized spacial score (nSPS) is 10.9. The molecule has 0 unspecified atom stereocenters. The first kappa shape index (κ1) is 13.1. The first-order chi connectivity index (χ1) is 9.60. The number of hydrogen-bond acceptors (Lipinski definition) is 5. The van der Waals surface area contributed by atoms with Crippen LogP contribution in [0.15, 0.2) is 28.8 Å². The standard InChI is InChI=1S/C13H10ClN3O2S/c1-7-4-9(17-19-7)6-12(18)16-13-15-10-3-2-8(14)5-11(10)20-13/h2-5H,6H2,1H3,(H,15,16,18). The minimum absolute atomic E-state index is 0.161. The minimum Gasteiger partial charge on any atom is -0.361 e. The van der Waals surface area contributed by atoms with Crippen molar-refractivity contribution >= 4 is 44.2 Å². The summed E-state index contributed by atoms with van der Waals surface area (Å²) >= 11 is 7.30. The molecule has 7 heteroatoms. The van der Waals surface area contributed by atoms with Gasteiger partial charge in [-0.15, -0.1) is 0 Å². The Kier molecular flexibility index (Phi) is 3.42. The molecule has 2 aromatic heterocycles. The number of aryl methyl sites for hydroxylation is 1. The molecule has 1 N–H and O–H groups in total. The summed E-state index contributed by atoms with van der Waals surface area (Å²) in [6, 6.07) is 7.15. The van der Waals surface area contributed by atoms with Crippen molar-refractivity contribution in [3.8, 4) is 0 Å². The van der Waals surface area contributed by atoms with Crippen molar-refractivity contribution in [2.75, 3.05) is 5.32 Å². The van der Waals surface area contributed by atoms with E-state index in [1.54, 1.807) is 19.1 Å². The lowest BCUT2D eigenvalue weighted by atomic mass is 10.3. The zero-order chi connectivity index (χ0) is 14.1. The Bertz CT molecular complexity index is 781. The lowest BCUT2D eigenvalue weighted by Crippen LogP contribution is -2.14. The highest BCUT2D eigenvalue weighted by molar-refractivity contribution is 7.22. The Labute approximate surface area is 123 Å². The molecular formula is C13H10ClN3O2S. The highest BCUT2D eigenvalue weighted by Crippen LogP contribution is 2.28. The zero-order valence-corrected chi connectivity index (χ0v) is 12.1. The Balaban J connectivity index is 1.73. The molecule has 0 radical (unpaired) electrons. The van der Waals surface area contributed by atoms with Crippen LogP contribution in [0.2, 0.25) is 5.02 Å². The van der Waals surface area contributed by atoms with Crippen LogP contribution in [0, 0.1) is 6.92 Å². The Morgan fingerprint density at radius 3 is 3.05 bits per heavy atom. The van der Waals surface area contributed by atoms with E-state index in [0.29, 0.717) is 21.6 Å². The summed E-state index contributed by atoms with van der Waals surface area (Å²) in [7, 11) is 0. The molecule has 102 valence electrons. The monoisotopic (exact) mass is 307 g/mol.